The van der Waals surface area contributed by atoms with E-state index in [-0.39, 0.29) is 11.8 Å². The molecule has 0 saturated heterocycles. The number of amides is 1. The second kappa shape index (κ2) is 5.50. The largest absolute Gasteiger partial charge is 0.319 e. The van der Waals surface area contributed by atoms with Crippen LogP contribution in [-0.2, 0) is 4.79 Å². The first-order valence-electron chi connectivity index (χ1n) is 7.17. The van der Waals surface area contributed by atoms with Gasteiger partial charge in [-0.2, -0.15) is 0 Å². The molecule has 0 spiro atoms. The minimum Gasteiger partial charge on any atom is -0.319 e. The summed E-state index contributed by atoms with van der Waals surface area (Å²) in [5, 5.41) is 2.88. The molecule has 0 radical (unpaired) electrons. The molecule has 1 N–H and O–H groups in total. The molecular weight excluding hydrogens is 272 g/mol. The molecule has 2 aromatic carbocycles. The topological polar surface area (TPSA) is 33.5 Å². The van der Waals surface area contributed by atoms with Crippen LogP contribution < -0.4 is 5.32 Å². The molecule has 0 fully saturated rings. The van der Waals surface area contributed by atoms with Gasteiger partial charge in [0.05, 0.1) is 5.92 Å². The number of nitrogens with one attached hydrogen (secondary N) is 1. The maximum Gasteiger partial charge on any atom is 0.316 e. The molecule has 3 nitrogen and oxygen atoms in total. The highest BCUT2D eigenvalue weighted by molar-refractivity contribution is 5.98. The quantitative estimate of drug-likeness (QED) is 0.841. The Hall–Kier alpha value is -2.86. The van der Waals surface area contributed by atoms with E-state index in [1.54, 1.807) is 6.92 Å². The first-order valence-corrected chi connectivity index (χ1v) is 7.17. The highest BCUT2D eigenvalue weighted by Crippen LogP contribution is 2.38. The van der Waals surface area contributed by atoms with E-state index in [1.807, 2.05) is 66.7 Å². The van der Waals surface area contributed by atoms with Crippen molar-refractivity contribution in [3.8, 4) is 0 Å². The van der Waals surface area contributed by atoms with Crippen LogP contribution >= 0.6 is 0 Å². The predicted molar refractivity (Wildman–Crippen MR) is 86.8 cm³/mol. The second-order valence-corrected chi connectivity index (χ2v) is 5.55. The zero-order valence-corrected chi connectivity index (χ0v) is 12.3. The monoisotopic (exact) mass is 288 g/mol. The lowest BCUT2D eigenvalue weighted by atomic mass is 9.77. The Balaban J connectivity index is 2.13. The van der Waals surface area contributed by atoms with E-state index in [4.69, 9.17) is 6.57 Å². The van der Waals surface area contributed by atoms with Crippen LogP contribution in [0.4, 0.5) is 0 Å². The molecule has 3 rings (SSSR count). The zero-order valence-electron chi connectivity index (χ0n) is 12.3. The van der Waals surface area contributed by atoms with Crippen molar-refractivity contribution in [2.45, 2.75) is 18.4 Å². The van der Waals surface area contributed by atoms with Gasteiger partial charge in [-0.25, -0.2) is 6.57 Å². The van der Waals surface area contributed by atoms with Crippen LogP contribution in [0.2, 0.25) is 0 Å². The fourth-order valence-corrected chi connectivity index (χ4v) is 2.75. The molecule has 0 bridgehead atoms. The molecule has 0 saturated carbocycles. The van der Waals surface area contributed by atoms with Gasteiger partial charge in [-0.05, 0) is 17.2 Å². The number of nitrogens with zero attached hydrogens (tertiary/aromatic N) is 1. The van der Waals surface area contributed by atoms with E-state index >= 15 is 0 Å². The van der Waals surface area contributed by atoms with Crippen LogP contribution in [0, 0.1) is 6.57 Å². The van der Waals surface area contributed by atoms with Gasteiger partial charge >= 0.3 is 11.4 Å². The summed E-state index contributed by atoms with van der Waals surface area (Å²) in [5.41, 5.74) is 1.56. The van der Waals surface area contributed by atoms with Gasteiger partial charge in [0.1, 0.15) is 0 Å². The van der Waals surface area contributed by atoms with Crippen molar-refractivity contribution in [3.05, 3.63) is 89.3 Å². The molecule has 0 unspecified atom stereocenters. The van der Waals surface area contributed by atoms with Crippen molar-refractivity contribution in [1.82, 2.24) is 5.32 Å². The van der Waals surface area contributed by atoms with Crippen molar-refractivity contribution >= 4 is 11.6 Å². The van der Waals surface area contributed by atoms with Crippen molar-refractivity contribution in [3.63, 3.8) is 0 Å². The number of carbonyl (C=O) groups is 1. The van der Waals surface area contributed by atoms with E-state index in [2.05, 4.69) is 10.2 Å². The molecule has 2 aromatic rings. The van der Waals surface area contributed by atoms with Gasteiger partial charge in [0.2, 0.25) is 0 Å². The Labute approximate surface area is 130 Å². The lowest BCUT2D eigenvalue weighted by molar-refractivity contribution is -0.124. The average molecular weight is 288 g/mol. The van der Waals surface area contributed by atoms with Crippen molar-refractivity contribution in [2.75, 3.05) is 0 Å². The fraction of sp³-hybridized carbons (Fsp3) is 0.158. The molecule has 2 atom stereocenters. The van der Waals surface area contributed by atoms with Gasteiger partial charge in [-0.3, -0.25) is 9.64 Å². The van der Waals surface area contributed by atoms with Crippen LogP contribution in [0.15, 0.2) is 66.7 Å². The smallest absolute Gasteiger partial charge is 0.316 e. The third-order valence-electron chi connectivity index (χ3n) is 4.12. The summed E-state index contributed by atoms with van der Waals surface area (Å²) in [4.78, 5) is 16.2. The van der Waals surface area contributed by atoms with Gasteiger partial charge in [-0.1, -0.05) is 60.7 Å². The normalized spacial score (nSPS) is 24.1. The van der Waals surface area contributed by atoms with Crippen LogP contribution in [0.1, 0.15) is 24.0 Å². The molecule has 0 aliphatic carbocycles. The summed E-state index contributed by atoms with van der Waals surface area (Å²) in [7, 11) is 0. The third-order valence-corrected chi connectivity index (χ3v) is 4.12. The van der Waals surface area contributed by atoms with E-state index in [9.17, 15) is 4.79 Å². The molecule has 22 heavy (non-hydrogen) atoms. The molecule has 1 heterocycles. The van der Waals surface area contributed by atoms with Crippen molar-refractivity contribution < 1.29 is 4.79 Å². The Morgan fingerprint density at radius 2 is 1.64 bits per heavy atom. The van der Waals surface area contributed by atoms with Crippen LogP contribution in [-0.4, -0.2) is 11.4 Å². The number of benzene rings is 2. The Bertz CT molecular complexity index is 759. The lowest BCUT2D eigenvalue weighted by Crippen LogP contribution is -2.48. The summed E-state index contributed by atoms with van der Waals surface area (Å²) in [6.45, 7) is 9.21. The summed E-state index contributed by atoms with van der Waals surface area (Å²) in [5.74, 6) is -0.520. The fourth-order valence-electron chi connectivity index (χ4n) is 2.75. The number of carbonyl (C=O) groups excluding carboxylic acids is 1. The Morgan fingerprint density at radius 3 is 2.23 bits per heavy atom. The highest BCUT2D eigenvalue weighted by Gasteiger charge is 2.51. The summed E-state index contributed by atoms with van der Waals surface area (Å²) in [6, 6.07) is 19.4. The first kappa shape index (κ1) is 14.1. The van der Waals surface area contributed by atoms with Crippen molar-refractivity contribution in [2.24, 2.45) is 0 Å². The standard InChI is InChI=1S/C19H16N2O/c1-19(20-2)16(14-9-5-3-6-10-14)13-17(21-18(19)22)15-11-7-4-8-12-15/h3-13,16H,1H3,(H,21,22)/t16-,19+/m0/s1. The summed E-state index contributed by atoms with van der Waals surface area (Å²) >= 11 is 0. The van der Waals surface area contributed by atoms with Gasteiger partial charge < -0.3 is 5.32 Å². The minimum absolute atomic E-state index is 0.252. The molecule has 1 amide bonds. The van der Waals surface area contributed by atoms with E-state index in [0.29, 0.717) is 0 Å². The summed E-state index contributed by atoms with van der Waals surface area (Å²) in [6.07, 6.45) is 1.99. The number of hydrogen-bond donors (Lipinski definition) is 1. The SMILES string of the molecule is [C-]#[N+][C@@]1(C)C(=O)NC(c2ccccc2)=C[C@H]1c1ccccc1. The van der Waals surface area contributed by atoms with Crippen molar-refractivity contribution in [1.29, 1.82) is 0 Å². The number of hydrogen-bond acceptors (Lipinski definition) is 1. The minimum atomic E-state index is -1.13. The van der Waals surface area contributed by atoms with Crippen LogP contribution in [0.3, 0.4) is 0 Å². The average Bonchev–Trinajstić information content (AvgIpc) is 2.58. The third kappa shape index (κ3) is 2.29. The van der Waals surface area contributed by atoms with Gasteiger partial charge in [0.25, 0.3) is 0 Å². The van der Waals surface area contributed by atoms with Crippen LogP contribution in [0.5, 0.6) is 0 Å². The van der Waals surface area contributed by atoms with E-state index in [0.717, 1.165) is 16.8 Å². The second-order valence-electron chi connectivity index (χ2n) is 5.55. The van der Waals surface area contributed by atoms with E-state index < -0.39 is 5.54 Å². The molecule has 3 heteroatoms. The Kier molecular flexibility index (Phi) is 3.52. The maximum absolute atomic E-state index is 12.5. The highest BCUT2D eigenvalue weighted by atomic mass is 16.2. The maximum atomic E-state index is 12.5. The molecule has 1 aliphatic rings. The van der Waals surface area contributed by atoms with Gasteiger partial charge in [0, 0.05) is 12.6 Å². The molecule has 108 valence electrons. The zero-order chi connectivity index (χ0) is 15.6. The first-order chi connectivity index (χ1) is 10.6. The van der Waals surface area contributed by atoms with Gasteiger partial charge in [0.15, 0.2) is 0 Å². The Morgan fingerprint density at radius 1 is 1.05 bits per heavy atom. The van der Waals surface area contributed by atoms with Gasteiger partial charge in [-0.15, -0.1) is 0 Å². The molecule has 0 aromatic heterocycles. The summed E-state index contributed by atoms with van der Waals surface area (Å²) < 4.78 is 0. The molecular formula is C19H16N2O. The lowest BCUT2D eigenvalue weighted by Gasteiger charge is -2.30. The van der Waals surface area contributed by atoms with E-state index in [1.165, 1.54) is 0 Å². The number of rotatable bonds is 2. The predicted octanol–water partition coefficient (Wildman–Crippen LogP) is 3.62. The van der Waals surface area contributed by atoms with Crippen LogP contribution in [0.25, 0.3) is 10.5 Å². The molecule has 1 aliphatic heterocycles.